The van der Waals surface area contributed by atoms with Crippen molar-refractivity contribution in [1.82, 2.24) is 20.2 Å². The summed E-state index contributed by atoms with van der Waals surface area (Å²) in [5.74, 6) is 0.646. The largest absolute Gasteiger partial charge is 0.261 e. The minimum absolute atomic E-state index is 0.646. The summed E-state index contributed by atoms with van der Waals surface area (Å²) in [4.78, 5) is 12.6. The third-order valence-electron chi connectivity index (χ3n) is 2.78. The van der Waals surface area contributed by atoms with Crippen LogP contribution in [0, 0.1) is 0 Å². The SMILES string of the molecule is C=Nc1[nH]ncc1-c1ccc(-c2ccccn2)nc1. The van der Waals surface area contributed by atoms with Gasteiger partial charge in [0.1, 0.15) is 0 Å². The van der Waals surface area contributed by atoms with Gasteiger partial charge in [-0.05, 0) is 24.9 Å². The molecule has 19 heavy (non-hydrogen) atoms. The number of nitrogens with zero attached hydrogens (tertiary/aromatic N) is 4. The van der Waals surface area contributed by atoms with Crippen LogP contribution in [0.25, 0.3) is 22.5 Å². The molecule has 0 aliphatic carbocycles. The highest BCUT2D eigenvalue weighted by molar-refractivity contribution is 5.74. The van der Waals surface area contributed by atoms with Crippen molar-refractivity contribution in [1.29, 1.82) is 0 Å². The van der Waals surface area contributed by atoms with Gasteiger partial charge in [0.15, 0.2) is 5.82 Å². The van der Waals surface area contributed by atoms with Crippen molar-refractivity contribution in [2.24, 2.45) is 4.99 Å². The van der Waals surface area contributed by atoms with E-state index in [0.717, 1.165) is 22.5 Å². The van der Waals surface area contributed by atoms with E-state index in [-0.39, 0.29) is 0 Å². The summed E-state index contributed by atoms with van der Waals surface area (Å²) in [5.41, 5.74) is 3.51. The molecule has 1 N–H and O–H groups in total. The number of pyridine rings is 2. The minimum Gasteiger partial charge on any atom is -0.261 e. The summed E-state index contributed by atoms with van der Waals surface area (Å²) in [6.07, 6.45) is 5.24. The van der Waals surface area contributed by atoms with Gasteiger partial charge in [-0.2, -0.15) is 5.10 Å². The molecule has 0 saturated heterocycles. The van der Waals surface area contributed by atoms with Gasteiger partial charge in [-0.3, -0.25) is 15.1 Å². The van der Waals surface area contributed by atoms with E-state index in [1.807, 2.05) is 30.3 Å². The van der Waals surface area contributed by atoms with Crippen LogP contribution in [0.2, 0.25) is 0 Å². The molecule has 5 nitrogen and oxygen atoms in total. The van der Waals surface area contributed by atoms with Gasteiger partial charge in [-0.25, -0.2) is 4.99 Å². The summed E-state index contributed by atoms with van der Waals surface area (Å²) in [5, 5.41) is 6.73. The molecule has 0 amide bonds. The van der Waals surface area contributed by atoms with Crippen LogP contribution >= 0.6 is 0 Å². The van der Waals surface area contributed by atoms with Crippen molar-refractivity contribution < 1.29 is 0 Å². The zero-order valence-corrected chi connectivity index (χ0v) is 10.1. The molecule has 0 aromatic carbocycles. The second-order valence-electron chi connectivity index (χ2n) is 3.94. The number of aromatic nitrogens is 4. The summed E-state index contributed by atoms with van der Waals surface area (Å²) >= 11 is 0. The Morgan fingerprint density at radius 3 is 2.58 bits per heavy atom. The lowest BCUT2D eigenvalue weighted by molar-refractivity contribution is 1.08. The molecular formula is C14H11N5. The van der Waals surface area contributed by atoms with E-state index in [0.29, 0.717) is 5.82 Å². The molecule has 92 valence electrons. The summed E-state index contributed by atoms with van der Waals surface area (Å²) < 4.78 is 0. The van der Waals surface area contributed by atoms with Crippen molar-refractivity contribution in [2.75, 3.05) is 0 Å². The summed E-state index contributed by atoms with van der Waals surface area (Å²) in [7, 11) is 0. The second kappa shape index (κ2) is 4.81. The zero-order chi connectivity index (χ0) is 13.1. The zero-order valence-electron chi connectivity index (χ0n) is 10.1. The topological polar surface area (TPSA) is 66.8 Å². The van der Waals surface area contributed by atoms with Crippen molar-refractivity contribution >= 4 is 12.5 Å². The first-order chi connectivity index (χ1) is 9.38. The fourth-order valence-electron chi connectivity index (χ4n) is 1.83. The van der Waals surface area contributed by atoms with Crippen LogP contribution in [0.15, 0.2) is 53.9 Å². The number of aliphatic imine (C=N–C) groups is 1. The number of nitrogens with one attached hydrogen (secondary N) is 1. The smallest absolute Gasteiger partial charge is 0.155 e. The molecule has 0 unspecified atom stereocenters. The normalized spacial score (nSPS) is 10.3. The minimum atomic E-state index is 0.646. The molecule has 0 spiro atoms. The van der Waals surface area contributed by atoms with Crippen molar-refractivity contribution in [2.45, 2.75) is 0 Å². The predicted octanol–water partition coefficient (Wildman–Crippen LogP) is 2.87. The lowest BCUT2D eigenvalue weighted by Gasteiger charge is -2.02. The monoisotopic (exact) mass is 249 g/mol. The molecule has 0 atom stereocenters. The molecule has 3 aromatic rings. The van der Waals surface area contributed by atoms with Gasteiger partial charge < -0.3 is 0 Å². The molecule has 3 rings (SSSR count). The van der Waals surface area contributed by atoms with Gasteiger partial charge in [0.2, 0.25) is 0 Å². The van der Waals surface area contributed by atoms with Crippen LogP contribution in [0.1, 0.15) is 0 Å². The second-order valence-corrected chi connectivity index (χ2v) is 3.94. The Morgan fingerprint density at radius 1 is 1.00 bits per heavy atom. The average Bonchev–Trinajstić information content (AvgIpc) is 2.97. The number of aromatic amines is 1. The van der Waals surface area contributed by atoms with Crippen LogP contribution in [-0.2, 0) is 0 Å². The number of hydrogen-bond donors (Lipinski definition) is 1. The van der Waals surface area contributed by atoms with E-state index in [9.17, 15) is 0 Å². The molecule has 0 aliphatic heterocycles. The molecule has 3 aromatic heterocycles. The van der Waals surface area contributed by atoms with Crippen molar-refractivity contribution in [3.8, 4) is 22.5 Å². The van der Waals surface area contributed by atoms with Gasteiger partial charge in [0, 0.05) is 23.5 Å². The van der Waals surface area contributed by atoms with Gasteiger partial charge in [0.05, 0.1) is 17.6 Å². The Bertz CT molecular complexity index is 685. The Hall–Kier alpha value is -2.82. The molecule has 0 saturated carbocycles. The molecular weight excluding hydrogens is 238 g/mol. The van der Waals surface area contributed by atoms with Crippen LogP contribution in [-0.4, -0.2) is 26.9 Å². The van der Waals surface area contributed by atoms with Gasteiger partial charge in [-0.1, -0.05) is 12.1 Å². The lowest BCUT2D eigenvalue weighted by Crippen LogP contribution is -1.86. The van der Waals surface area contributed by atoms with Gasteiger partial charge >= 0.3 is 0 Å². The van der Waals surface area contributed by atoms with E-state index in [1.54, 1.807) is 18.6 Å². The molecule has 3 heterocycles. The number of H-pyrrole nitrogens is 1. The number of hydrogen-bond acceptors (Lipinski definition) is 4. The van der Waals surface area contributed by atoms with E-state index in [1.165, 1.54) is 0 Å². The summed E-state index contributed by atoms with van der Waals surface area (Å²) in [6, 6.07) is 9.64. The highest BCUT2D eigenvalue weighted by atomic mass is 15.2. The van der Waals surface area contributed by atoms with Gasteiger partial charge in [-0.15, -0.1) is 0 Å². The quantitative estimate of drug-likeness (QED) is 0.726. The van der Waals surface area contributed by atoms with Gasteiger partial charge in [0.25, 0.3) is 0 Å². The Morgan fingerprint density at radius 2 is 1.89 bits per heavy atom. The summed E-state index contributed by atoms with van der Waals surface area (Å²) in [6.45, 7) is 3.50. The first kappa shape index (κ1) is 11.3. The Balaban J connectivity index is 1.98. The maximum Gasteiger partial charge on any atom is 0.155 e. The first-order valence-corrected chi connectivity index (χ1v) is 5.76. The van der Waals surface area contributed by atoms with Crippen molar-refractivity contribution in [3.05, 3.63) is 48.9 Å². The molecule has 5 heteroatoms. The molecule has 0 aliphatic rings. The van der Waals surface area contributed by atoms with E-state index in [2.05, 4.69) is 31.9 Å². The highest BCUT2D eigenvalue weighted by Gasteiger charge is 2.07. The third-order valence-corrected chi connectivity index (χ3v) is 2.78. The van der Waals surface area contributed by atoms with Crippen LogP contribution in [0.4, 0.5) is 5.82 Å². The molecule has 0 fully saturated rings. The van der Waals surface area contributed by atoms with Crippen LogP contribution in [0.5, 0.6) is 0 Å². The van der Waals surface area contributed by atoms with E-state index in [4.69, 9.17) is 0 Å². The lowest BCUT2D eigenvalue weighted by atomic mass is 10.1. The third kappa shape index (κ3) is 2.13. The maximum absolute atomic E-state index is 4.41. The Kier molecular flexibility index (Phi) is 2.86. The standard InChI is InChI=1S/C14H11N5/c1-15-14-11(9-18-19-14)10-5-6-13(17-8-10)12-4-2-3-7-16-12/h2-9H,1H2,(H,18,19). The van der Waals surface area contributed by atoms with E-state index < -0.39 is 0 Å². The first-order valence-electron chi connectivity index (χ1n) is 5.76. The molecule has 0 bridgehead atoms. The highest BCUT2D eigenvalue weighted by Crippen LogP contribution is 2.27. The average molecular weight is 249 g/mol. The maximum atomic E-state index is 4.41. The molecule has 0 radical (unpaired) electrons. The van der Waals surface area contributed by atoms with Crippen LogP contribution < -0.4 is 0 Å². The fraction of sp³-hybridized carbons (Fsp3) is 0. The van der Waals surface area contributed by atoms with E-state index >= 15 is 0 Å². The fourth-order valence-corrected chi connectivity index (χ4v) is 1.83. The van der Waals surface area contributed by atoms with Crippen LogP contribution in [0.3, 0.4) is 0 Å². The van der Waals surface area contributed by atoms with Crippen molar-refractivity contribution in [3.63, 3.8) is 0 Å². The Labute approximate surface area is 110 Å². The number of rotatable bonds is 3. The predicted molar refractivity (Wildman–Crippen MR) is 74.3 cm³/mol.